The van der Waals surface area contributed by atoms with Crippen LogP contribution in [0.25, 0.3) is 11.4 Å². The van der Waals surface area contributed by atoms with Gasteiger partial charge in [-0.15, -0.1) is 0 Å². The molecule has 1 saturated carbocycles. The van der Waals surface area contributed by atoms with Crippen LogP contribution in [-0.2, 0) is 13.0 Å². The van der Waals surface area contributed by atoms with Gasteiger partial charge in [0.05, 0.1) is 17.1 Å². The molecule has 34 heavy (non-hydrogen) atoms. The fourth-order valence-corrected chi connectivity index (χ4v) is 5.24. The highest BCUT2D eigenvalue weighted by atomic mass is 15.3. The van der Waals surface area contributed by atoms with Crippen molar-refractivity contribution < 1.29 is 0 Å². The molecule has 178 valence electrons. The van der Waals surface area contributed by atoms with Crippen molar-refractivity contribution in [1.29, 1.82) is 0 Å². The van der Waals surface area contributed by atoms with Crippen LogP contribution in [0.15, 0.2) is 24.5 Å². The Kier molecular flexibility index (Phi) is 5.57. The Morgan fingerprint density at radius 1 is 1.00 bits per heavy atom. The molecule has 3 aromatic heterocycles. The third-order valence-electron chi connectivity index (χ3n) is 7.30. The van der Waals surface area contributed by atoms with Crippen molar-refractivity contribution in [2.75, 3.05) is 38.0 Å². The van der Waals surface area contributed by atoms with Crippen LogP contribution in [0, 0.1) is 0 Å². The molecule has 0 atom stereocenters. The van der Waals surface area contributed by atoms with Crippen LogP contribution in [0.4, 0.5) is 11.8 Å². The molecule has 4 heterocycles. The van der Waals surface area contributed by atoms with Gasteiger partial charge in [0, 0.05) is 69.1 Å². The molecule has 0 amide bonds. The topological polar surface area (TPSA) is 75.0 Å². The summed E-state index contributed by atoms with van der Waals surface area (Å²) in [5.41, 5.74) is 5.75. The smallest absolute Gasteiger partial charge is 0.228 e. The van der Waals surface area contributed by atoms with E-state index in [2.05, 4.69) is 56.5 Å². The summed E-state index contributed by atoms with van der Waals surface area (Å²) in [6.07, 6.45) is 7.24. The minimum absolute atomic E-state index is 0.364. The minimum atomic E-state index is 0.364. The molecule has 6 rings (SSSR count). The second-order valence-electron chi connectivity index (χ2n) is 10.1. The van der Waals surface area contributed by atoms with E-state index < -0.39 is 0 Å². The predicted molar refractivity (Wildman–Crippen MR) is 133 cm³/mol. The molecule has 2 fully saturated rings. The SMILES string of the molecule is CCN1CCN(Cc2ccc(Nc3ncc4c(n3)-c3c(nc(C5CC5)n3C(C)C)C4)nc2)CC1. The molecule has 1 N–H and O–H groups in total. The second kappa shape index (κ2) is 8.74. The lowest BCUT2D eigenvalue weighted by Gasteiger charge is -2.33. The molecule has 3 aliphatic rings. The monoisotopic (exact) mass is 458 g/mol. The number of pyridine rings is 1. The molecule has 0 radical (unpaired) electrons. The number of aromatic nitrogens is 5. The van der Waals surface area contributed by atoms with Gasteiger partial charge in [-0.05, 0) is 44.9 Å². The van der Waals surface area contributed by atoms with Gasteiger partial charge in [-0.25, -0.2) is 19.9 Å². The van der Waals surface area contributed by atoms with Crippen molar-refractivity contribution in [3.63, 3.8) is 0 Å². The van der Waals surface area contributed by atoms with E-state index in [1.165, 1.54) is 29.9 Å². The molecule has 2 aliphatic carbocycles. The van der Waals surface area contributed by atoms with Crippen molar-refractivity contribution in [2.45, 2.75) is 58.5 Å². The van der Waals surface area contributed by atoms with Crippen LogP contribution in [0.3, 0.4) is 0 Å². The lowest BCUT2D eigenvalue weighted by Crippen LogP contribution is -2.45. The summed E-state index contributed by atoms with van der Waals surface area (Å²) in [7, 11) is 0. The number of hydrogen-bond acceptors (Lipinski definition) is 7. The van der Waals surface area contributed by atoms with E-state index in [-0.39, 0.29) is 0 Å². The van der Waals surface area contributed by atoms with Gasteiger partial charge >= 0.3 is 0 Å². The molecule has 0 bridgehead atoms. The van der Waals surface area contributed by atoms with Crippen LogP contribution >= 0.6 is 0 Å². The van der Waals surface area contributed by atoms with Crippen molar-refractivity contribution in [1.82, 2.24) is 34.3 Å². The van der Waals surface area contributed by atoms with Crippen LogP contribution < -0.4 is 5.32 Å². The average Bonchev–Trinajstić information content (AvgIpc) is 3.53. The van der Waals surface area contributed by atoms with Gasteiger partial charge in [0.1, 0.15) is 11.6 Å². The quantitative estimate of drug-likeness (QED) is 0.449. The first-order valence-electron chi connectivity index (χ1n) is 12.7. The number of piperazine rings is 1. The molecule has 8 nitrogen and oxygen atoms in total. The fraction of sp³-hybridized carbons (Fsp3) is 0.538. The Bertz CT molecular complexity index is 1170. The van der Waals surface area contributed by atoms with Crippen molar-refractivity contribution >= 4 is 11.8 Å². The third-order valence-corrected chi connectivity index (χ3v) is 7.30. The Labute approximate surface area is 201 Å². The Morgan fingerprint density at radius 2 is 1.79 bits per heavy atom. The summed E-state index contributed by atoms with van der Waals surface area (Å²) in [6.45, 7) is 13.3. The van der Waals surface area contributed by atoms with Gasteiger partial charge < -0.3 is 14.8 Å². The Hall–Kier alpha value is -2.84. The van der Waals surface area contributed by atoms with E-state index >= 15 is 0 Å². The number of hydrogen-bond donors (Lipinski definition) is 1. The molecule has 8 heteroatoms. The number of fused-ring (bicyclic) bond motifs is 3. The maximum Gasteiger partial charge on any atom is 0.228 e. The standard InChI is InChI=1S/C26H34N8/c1-4-32-9-11-33(12-10-32)16-18-5-8-22(27-14-18)30-26-28-15-20-13-21-24(23(20)31-26)34(17(2)3)25(29-21)19-6-7-19/h5,8,14-15,17,19H,4,6-7,9-13,16H2,1-3H3,(H,27,28,30,31). The van der Waals surface area contributed by atoms with E-state index in [4.69, 9.17) is 9.97 Å². The largest absolute Gasteiger partial charge is 0.324 e. The Morgan fingerprint density at radius 3 is 2.47 bits per heavy atom. The number of likely N-dealkylation sites (N-methyl/N-ethyl adjacent to an activating group) is 1. The van der Waals surface area contributed by atoms with E-state index in [9.17, 15) is 0 Å². The highest BCUT2D eigenvalue weighted by Crippen LogP contribution is 2.45. The zero-order chi connectivity index (χ0) is 23.2. The van der Waals surface area contributed by atoms with Crippen molar-refractivity contribution in [3.8, 4) is 11.4 Å². The average molecular weight is 459 g/mol. The second-order valence-corrected chi connectivity index (χ2v) is 10.1. The number of nitrogens with one attached hydrogen (secondary N) is 1. The van der Waals surface area contributed by atoms with E-state index in [0.717, 1.165) is 68.5 Å². The van der Waals surface area contributed by atoms with Gasteiger partial charge in [-0.1, -0.05) is 13.0 Å². The van der Waals surface area contributed by atoms with Crippen molar-refractivity contribution in [2.24, 2.45) is 0 Å². The summed E-state index contributed by atoms with van der Waals surface area (Å²) in [6, 6.07) is 4.55. The maximum absolute atomic E-state index is 5.02. The first-order valence-corrected chi connectivity index (χ1v) is 12.7. The first-order chi connectivity index (χ1) is 16.6. The van der Waals surface area contributed by atoms with Gasteiger partial charge in [0.25, 0.3) is 0 Å². The summed E-state index contributed by atoms with van der Waals surface area (Å²) < 4.78 is 2.41. The number of anilines is 2. The zero-order valence-electron chi connectivity index (χ0n) is 20.5. The molecule has 3 aromatic rings. The van der Waals surface area contributed by atoms with Crippen LogP contribution in [0.1, 0.15) is 68.2 Å². The molecule has 1 saturated heterocycles. The number of imidazole rings is 1. The number of nitrogens with zero attached hydrogens (tertiary/aromatic N) is 7. The summed E-state index contributed by atoms with van der Waals surface area (Å²) in [5, 5.41) is 3.32. The lowest BCUT2D eigenvalue weighted by atomic mass is 10.2. The highest BCUT2D eigenvalue weighted by Gasteiger charge is 2.36. The third kappa shape index (κ3) is 4.09. The lowest BCUT2D eigenvalue weighted by molar-refractivity contribution is 0.132. The van der Waals surface area contributed by atoms with Gasteiger partial charge in [-0.2, -0.15) is 0 Å². The van der Waals surface area contributed by atoms with E-state index in [0.29, 0.717) is 17.9 Å². The molecule has 0 aromatic carbocycles. The van der Waals surface area contributed by atoms with Gasteiger partial charge in [0.15, 0.2) is 0 Å². The summed E-state index contributed by atoms with van der Waals surface area (Å²) >= 11 is 0. The molecular formula is C26H34N8. The summed E-state index contributed by atoms with van der Waals surface area (Å²) in [4.78, 5) is 24.2. The van der Waals surface area contributed by atoms with E-state index in [1.807, 2.05) is 18.5 Å². The normalized spacial score (nSPS) is 18.4. The van der Waals surface area contributed by atoms with Crippen LogP contribution in [-0.4, -0.2) is 67.0 Å². The van der Waals surface area contributed by atoms with Crippen LogP contribution in [0.2, 0.25) is 0 Å². The van der Waals surface area contributed by atoms with E-state index in [1.54, 1.807) is 0 Å². The van der Waals surface area contributed by atoms with Crippen LogP contribution in [0.5, 0.6) is 0 Å². The molecule has 1 aliphatic heterocycles. The maximum atomic E-state index is 5.02. The van der Waals surface area contributed by atoms with Gasteiger partial charge in [0.2, 0.25) is 5.95 Å². The first kappa shape index (κ1) is 21.7. The minimum Gasteiger partial charge on any atom is -0.324 e. The molecule has 0 spiro atoms. The van der Waals surface area contributed by atoms with Gasteiger partial charge in [-0.3, -0.25) is 4.90 Å². The zero-order valence-corrected chi connectivity index (χ0v) is 20.5. The number of rotatable bonds is 7. The Balaban J connectivity index is 1.17. The van der Waals surface area contributed by atoms with Crippen molar-refractivity contribution in [3.05, 3.63) is 47.2 Å². The molecule has 0 unspecified atom stereocenters. The molecular weight excluding hydrogens is 424 g/mol. The fourth-order valence-electron chi connectivity index (χ4n) is 5.24. The summed E-state index contributed by atoms with van der Waals surface area (Å²) in [5.74, 6) is 3.22. The highest BCUT2D eigenvalue weighted by molar-refractivity contribution is 5.71. The predicted octanol–water partition coefficient (Wildman–Crippen LogP) is 3.98.